The number of pyridine rings is 2. The predicted octanol–water partition coefficient (Wildman–Crippen LogP) is 2.46. The molecule has 0 spiro atoms. The van der Waals surface area contributed by atoms with Crippen LogP contribution < -0.4 is 4.74 Å². The summed E-state index contributed by atoms with van der Waals surface area (Å²) in [6, 6.07) is 6.10. The van der Waals surface area contributed by atoms with Gasteiger partial charge in [-0.1, -0.05) is 0 Å². The third-order valence-corrected chi connectivity index (χ3v) is 5.34. The number of aromatic amines is 1. The second kappa shape index (κ2) is 5.18. The summed E-state index contributed by atoms with van der Waals surface area (Å²) in [5.41, 5.74) is 2.01. The Kier molecular flexibility index (Phi) is 2.97. The highest BCUT2D eigenvalue weighted by molar-refractivity contribution is 6.09. The van der Waals surface area contributed by atoms with E-state index in [1.54, 1.807) is 12.4 Å². The van der Waals surface area contributed by atoms with E-state index in [-0.39, 0.29) is 6.10 Å². The van der Waals surface area contributed by atoms with Gasteiger partial charge in [0.25, 0.3) is 0 Å². The first-order valence-electron chi connectivity index (χ1n) is 8.38. The zero-order valence-corrected chi connectivity index (χ0v) is 13.2. The lowest BCUT2D eigenvalue weighted by atomic mass is 9.86. The number of piperidine rings is 3. The highest BCUT2D eigenvalue weighted by Gasteiger charge is 2.36. The van der Waals surface area contributed by atoms with Crippen molar-refractivity contribution in [3.8, 4) is 11.8 Å². The van der Waals surface area contributed by atoms with Crippen molar-refractivity contribution in [3.05, 3.63) is 30.2 Å². The molecule has 120 valence electrons. The smallest absolute Gasteiger partial charge is 0.183 e. The van der Waals surface area contributed by atoms with E-state index in [0.717, 1.165) is 41.6 Å². The van der Waals surface area contributed by atoms with Gasteiger partial charge in [-0.2, -0.15) is 5.26 Å². The van der Waals surface area contributed by atoms with Crippen molar-refractivity contribution in [2.75, 3.05) is 19.6 Å². The van der Waals surface area contributed by atoms with Crippen LogP contribution in [0, 0.1) is 17.2 Å². The van der Waals surface area contributed by atoms with Crippen LogP contribution in [0.4, 0.5) is 0 Å². The highest BCUT2D eigenvalue weighted by Crippen LogP contribution is 2.37. The number of hydrogen-bond donors (Lipinski definition) is 1. The van der Waals surface area contributed by atoms with Crippen molar-refractivity contribution < 1.29 is 4.74 Å². The van der Waals surface area contributed by atoms with Crippen LogP contribution in [0.2, 0.25) is 0 Å². The van der Waals surface area contributed by atoms with Gasteiger partial charge in [-0.25, -0.2) is 9.97 Å². The summed E-state index contributed by atoms with van der Waals surface area (Å²) in [6.45, 7) is 3.26. The molecule has 0 saturated carbocycles. The predicted molar refractivity (Wildman–Crippen MR) is 89.7 cm³/mol. The molecule has 3 aromatic heterocycles. The van der Waals surface area contributed by atoms with Crippen molar-refractivity contribution in [1.82, 2.24) is 19.9 Å². The topological polar surface area (TPSA) is 77.8 Å². The van der Waals surface area contributed by atoms with Crippen LogP contribution in [-0.2, 0) is 0 Å². The number of hydrogen-bond acceptors (Lipinski definition) is 5. The van der Waals surface area contributed by atoms with Gasteiger partial charge >= 0.3 is 0 Å². The number of H-pyrrole nitrogens is 1. The Morgan fingerprint density at radius 1 is 1.29 bits per heavy atom. The van der Waals surface area contributed by atoms with Crippen molar-refractivity contribution >= 4 is 21.9 Å². The molecule has 0 aromatic carbocycles. The van der Waals surface area contributed by atoms with Crippen LogP contribution in [0.3, 0.4) is 0 Å². The van der Waals surface area contributed by atoms with E-state index in [1.165, 1.54) is 12.8 Å². The zero-order chi connectivity index (χ0) is 16.1. The molecule has 1 atom stereocenters. The van der Waals surface area contributed by atoms with Gasteiger partial charge in [-0.05, 0) is 44.0 Å². The van der Waals surface area contributed by atoms with Crippen LogP contribution in [0.1, 0.15) is 18.5 Å². The molecule has 6 nitrogen and oxygen atoms in total. The third-order valence-electron chi connectivity index (χ3n) is 5.34. The monoisotopic (exact) mass is 319 g/mol. The van der Waals surface area contributed by atoms with Gasteiger partial charge in [0, 0.05) is 18.1 Å². The molecule has 3 aromatic rings. The molecule has 6 heterocycles. The molecule has 6 heteroatoms. The van der Waals surface area contributed by atoms with Crippen LogP contribution in [0.15, 0.2) is 24.5 Å². The zero-order valence-electron chi connectivity index (χ0n) is 13.2. The Morgan fingerprint density at radius 2 is 2.17 bits per heavy atom. The van der Waals surface area contributed by atoms with Crippen molar-refractivity contribution in [1.29, 1.82) is 5.26 Å². The first-order valence-corrected chi connectivity index (χ1v) is 8.38. The fourth-order valence-corrected chi connectivity index (χ4v) is 4.08. The van der Waals surface area contributed by atoms with Crippen molar-refractivity contribution in [2.24, 2.45) is 5.92 Å². The van der Waals surface area contributed by atoms with Gasteiger partial charge in [-0.15, -0.1) is 0 Å². The average Bonchev–Trinajstić information content (AvgIpc) is 3.02. The molecule has 1 N–H and O–H groups in total. The minimum absolute atomic E-state index is 0.133. The van der Waals surface area contributed by atoms with Gasteiger partial charge < -0.3 is 9.72 Å². The fourth-order valence-electron chi connectivity index (χ4n) is 4.08. The first-order chi connectivity index (χ1) is 11.8. The minimum atomic E-state index is 0.133. The molecule has 0 amide bonds. The SMILES string of the molecule is N#Cc1ncc2[nH]c3ncccc3c2c1O[C@@H]1CN2CCC1CC2. The molecule has 0 radical (unpaired) electrons. The number of ether oxygens (including phenoxy) is 1. The van der Waals surface area contributed by atoms with Crippen LogP contribution >= 0.6 is 0 Å². The Morgan fingerprint density at radius 3 is 2.92 bits per heavy atom. The number of nitrogens with one attached hydrogen (secondary N) is 1. The summed E-state index contributed by atoms with van der Waals surface area (Å²) in [4.78, 5) is 14.4. The maximum atomic E-state index is 9.52. The van der Waals surface area contributed by atoms with Gasteiger partial charge in [0.05, 0.1) is 17.1 Å². The summed E-state index contributed by atoms with van der Waals surface area (Å²) >= 11 is 0. The third kappa shape index (κ3) is 1.98. The number of nitrogens with zero attached hydrogens (tertiary/aromatic N) is 4. The highest BCUT2D eigenvalue weighted by atomic mass is 16.5. The Hall–Kier alpha value is -2.65. The summed E-state index contributed by atoms with van der Waals surface area (Å²) in [5.74, 6) is 1.17. The number of fused-ring (bicyclic) bond motifs is 6. The lowest BCUT2D eigenvalue weighted by Crippen LogP contribution is -2.52. The quantitative estimate of drug-likeness (QED) is 0.785. The summed E-state index contributed by atoms with van der Waals surface area (Å²) in [5, 5.41) is 11.4. The van der Waals surface area contributed by atoms with Gasteiger partial charge in [-0.3, -0.25) is 4.90 Å². The van der Waals surface area contributed by atoms with E-state index >= 15 is 0 Å². The number of aromatic nitrogens is 3. The van der Waals surface area contributed by atoms with Gasteiger partial charge in [0.15, 0.2) is 11.4 Å². The van der Waals surface area contributed by atoms with E-state index in [0.29, 0.717) is 17.4 Å². The summed E-state index contributed by atoms with van der Waals surface area (Å²) < 4.78 is 6.42. The fraction of sp³-hybridized carbons (Fsp3) is 0.389. The standard InChI is InChI=1S/C18H17N5O/c19-8-13-17(24-15-10-23-6-3-11(15)4-7-23)16-12-2-1-5-20-18(12)22-14(16)9-21-13/h1-2,5,9,11,15H,3-4,6-7,10H2,(H,20,22)/t15-/m1/s1. The molecule has 24 heavy (non-hydrogen) atoms. The lowest BCUT2D eigenvalue weighted by Gasteiger charge is -2.44. The van der Waals surface area contributed by atoms with Crippen molar-refractivity contribution in [3.63, 3.8) is 0 Å². The van der Waals surface area contributed by atoms with Crippen LogP contribution in [0.5, 0.6) is 5.75 Å². The molecule has 2 bridgehead atoms. The molecule has 0 aliphatic carbocycles. The molecule has 3 fully saturated rings. The Bertz CT molecular complexity index is 965. The molecule has 0 unspecified atom stereocenters. The Balaban J connectivity index is 1.67. The second-order valence-electron chi connectivity index (χ2n) is 6.66. The number of nitriles is 1. The van der Waals surface area contributed by atoms with Crippen LogP contribution in [0.25, 0.3) is 21.9 Å². The average molecular weight is 319 g/mol. The lowest BCUT2D eigenvalue weighted by molar-refractivity contribution is -0.00727. The summed E-state index contributed by atoms with van der Waals surface area (Å²) in [6.07, 6.45) is 5.92. The molecule has 6 rings (SSSR count). The van der Waals surface area contributed by atoms with Gasteiger partial charge in [0.2, 0.25) is 0 Å². The van der Waals surface area contributed by atoms with E-state index in [1.807, 2.05) is 12.1 Å². The van der Waals surface area contributed by atoms with Crippen molar-refractivity contribution in [2.45, 2.75) is 18.9 Å². The van der Waals surface area contributed by atoms with E-state index in [9.17, 15) is 5.26 Å². The normalized spacial score (nSPS) is 25.9. The molecular weight excluding hydrogens is 302 g/mol. The molecular formula is C18H17N5O. The number of rotatable bonds is 2. The van der Waals surface area contributed by atoms with E-state index < -0.39 is 0 Å². The first kappa shape index (κ1) is 13.8. The minimum Gasteiger partial charge on any atom is -0.485 e. The molecule has 3 aliphatic heterocycles. The molecule has 3 saturated heterocycles. The second-order valence-corrected chi connectivity index (χ2v) is 6.66. The maximum Gasteiger partial charge on any atom is 0.183 e. The summed E-state index contributed by atoms with van der Waals surface area (Å²) in [7, 11) is 0. The maximum absolute atomic E-state index is 9.52. The van der Waals surface area contributed by atoms with Gasteiger partial charge in [0.1, 0.15) is 17.8 Å². The largest absolute Gasteiger partial charge is 0.485 e. The van der Waals surface area contributed by atoms with Crippen LogP contribution in [-0.4, -0.2) is 45.6 Å². The Labute approximate surface area is 139 Å². The van der Waals surface area contributed by atoms with E-state index in [4.69, 9.17) is 4.74 Å². The van der Waals surface area contributed by atoms with E-state index in [2.05, 4.69) is 25.9 Å². The molecule has 3 aliphatic rings.